The van der Waals surface area contributed by atoms with Crippen molar-refractivity contribution in [2.24, 2.45) is 0 Å². The van der Waals surface area contributed by atoms with Crippen molar-refractivity contribution in [2.45, 2.75) is 71.8 Å². The standard InChI is InChI=1S/C40H48N4O10/c1-39(2,3)53-37(50)41-30-21-27(15-16-32(30)45)22-31(42-38(51)54-40(4,5)6)35(48)43-17-19-44(20-18-43)36(49)34(47)24-33(46)28-13-10-14-29(23-28)52-25-26-11-8-7-9-12-26/h7-16,21,23-24,31,45-46H,17-20,22,25H2,1-6H3,(H,41,50)(H,42,51)/b33-24-/t31-/m0/s1. The number of rotatable bonds is 11. The summed E-state index contributed by atoms with van der Waals surface area (Å²) >= 11 is 0. The zero-order chi connectivity index (χ0) is 39.6. The Hall–Kier alpha value is -6.05. The second-order valence-electron chi connectivity index (χ2n) is 14.7. The molecule has 1 atom stereocenters. The molecule has 0 radical (unpaired) electrons. The van der Waals surface area contributed by atoms with E-state index in [0.717, 1.165) is 11.6 Å². The summed E-state index contributed by atoms with van der Waals surface area (Å²) in [5.74, 6) is -2.41. The Morgan fingerprint density at radius 1 is 0.778 bits per heavy atom. The number of aliphatic hydroxyl groups excluding tert-OH is 1. The molecule has 0 unspecified atom stereocenters. The first-order valence-corrected chi connectivity index (χ1v) is 17.5. The van der Waals surface area contributed by atoms with Crippen molar-refractivity contribution >= 4 is 41.2 Å². The molecule has 4 rings (SSSR count). The van der Waals surface area contributed by atoms with E-state index < -0.39 is 52.8 Å². The molecule has 54 heavy (non-hydrogen) atoms. The van der Waals surface area contributed by atoms with Gasteiger partial charge in [0.05, 0.1) is 5.69 Å². The van der Waals surface area contributed by atoms with Crippen LogP contribution in [0.15, 0.2) is 78.9 Å². The molecular weight excluding hydrogens is 696 g/mol. The lowest BCUT2D eigenvalue weighted by molar-refractivity contribution is -0.146. The molecule has 1 aliphatic heterocycles. The molecule has 1 aliphatic rings. The summed E-state index contributed by atoms with van der Waals surface area (Å²) in [6, 6.07) is 19.3. The fourth-order valence-corrected chi connectivity index (χ4v) is 5.37. The molecule has 3 aromatic rings. The van der Waals surface area contributed by atoms with E-state index in [0.29, 0.717) is 23.5 Å². The zero-order valence-corrected chi connectivity index (χ0v) is 31.4. The van der Waals surface area contributed by atoms with Gasteiger partial charge in [0.25, 0.3) is 5.91 Å². The number of hydrogen-bond donors (Lipinski definition) is 4. The number of ether oxygens (including phenoxy) is 3. The van der Waals surface area contributed by atoms with E-state index in [4.69, 9.17) is 14.2 Å². The van der Waals surface area contributed by atoms with Crippen LogP contribution < -0.4 is 15.4 Å². The van der Waals surface area contributed by atoms with E-state index in [9.17, 15) is 34.2 Å². The lowest BCUT2D eigenvalue weighted by Crippen LogP contribution is -2.57. The van der Waals surface area contributed by atoms with E-state index in [1.165, 1.54) is 21.9 Å². The Kier molecular flexibility index (Phi) is 13.3. The number of nitrogens with zero attached hydrogens (tertiary/aromatic N) is 2. The number of amides is 4. The number of carbonyl (C=O) groups is 5. The smallest absolute Gasteiger partial charge is 0.412 e. The van der Waals surface area contributed by atoms with Crippen LogP contribution in [0.4, 0.5) is 15.3 Å². The van der Waals surface area contributed by atoms with Gasteiger partial charge >= 0.3 is 12.2 Å². The summed E-state index contributed by atoms with van der Waals surface area (Å²) in [6.45, 7) is 10.6. The van der Waals surface area contributed by atoms with Crippen LogP contribution in [0.5, 0.6) is 11.5 Å². The lowest BCUT2D eigenvalue weighted by Gasteiger charge is -2.36. The van der Waals surface area contributed by atoms with Crippen LogP contribution in [-0.2, 0) is 36.9 Å². The number of hydrogen-bond acceptors (Lipinski definition) is 10. The zero-order valence-electron chi connectivity index (χ0n) is 31.4. The van der Waals surface area contributed by atoms with Crippen LogP contribution in [0.3, 0.4) is 0 Å². The quantitative estimate of drug-likeness (QED) is 0.0835. The number of carbonyl (C=O) groups excluding carboxylic acids is 5. The van der Waals surface area contributed by atoms with Crippen molar-refractivity contribution < 1.29 is 48.4 Å². The summed E-state index contributed by atoms with van der Waals surface area (Å²) in [7, 11) is 0. The van der Waals surface area contributed by atoms with Crippen LogP contribution in [0, 0.1) is 0 Å². The third-order valence-electron chi connectivity index (χ3n) is 7.86. The normalized spacial score (nSPS) is 14.1. The number of phenolic OH excluding ortho intramolecular Hbond substituents is 1. The van der Waals surface area contributed by atoms with Gasteiger partial charge in [-0.05, 0) is 76.9 Å². The highest BCUT2D eigenvalue weighted by molar-refractivity contribution is 6.41. The number of ketones is 1. The largest absolute Gasteiger partial charge is 0.507 e. The average Bonchev–Trinajstić information content (AvgIpc) is 3.10. The van der Waals surface area contributed by atoms with Crippen molar-refractivity contribution in [1.29, 1.82) is 0 Å². The summed E-state index contributed by atoms with van der Waals surface area (Å²) < 4.78 is 16.5. The first-order valence-electron chi connectivity index (χ1n) is 17.5. The molecule has 0 spiro atoms. The number of aliphatic hydroxyl groups is 1. The van der Waals surface area contributed by atoms with Crippen LogP contribution >= 0.6 is 0 Å². The first kappa shape index (κ1) is 40.7. The maximum atomic E-state index is 13.9. The molecule has 0 aromatic heterocycles. The Balaban J connectivity index is 1.40. The minimum absolute atomic E-state index is 0.0239. The summed E-state index contributed by atoms with van der Waals surface area (Å²) in [5, 5.41) is 26.2. The highest BCUT2D eigenvalue weighted by Crippen LogP contribution is 2.26. The van der Waals surface area contributed by atoms with Crippen LogP contribution in [0.1, 0.15) is 58.2 Å². The van der Waals surface area contributed by atoms with Crippen LogP contribution in [-0.4, -0.2) is 93.2 Å². The Bertz CT molecular complexity index is 1860. The molecule has 0 bridgehead atoms. The maximum Gasteiger partial charge on any atom is 0.412 e. The molecule has 14 heteroatoms. The molecule has 0 saturated carbocycles. The first-order chi connectivity index (χ1) is 25.4. The van der Waals surface area contributed by atoms with Crippen molar-refractivity contribution in [3.63, 3.8) is 0 Å². The van der Waals surface area contributed by atoms with E-state index >= 15 is 0 Å². The molecule has 3 aromatic carbocycles. The molecular formula is C40H48N4O10. The Morgan fingerprint density at radius 2 is 1.41 bits per heavy atom. The second-order valence-corrected chi connectivity index (χ2v) is 14.7. The number of phenols is 1. The van der Waals surface area contributed by atoms with Crippen molar-refractivity contribution in [3.05, 3.63) is 95.6 Å². The highest BCUT2D eigenvalue weighted by Gasteiger charge is 2.33. The number of aromatic hydroxyl groups is 1. The number of benzene rings is 3. The summed E-state index contributed by atoms with van der Waals surface area (Å²) in [5.41, 5.74) is 0.167. The van der Waals surface area contributed by atoms with Gasteiger partial charge in [0.15, 0.2) is 0 Å². The van der Waals surface area contributed by atoms with Crippen LogP contribution in [0.25, 0.3) is 5.76 Å². The van der Waals surface area contributed by atoms with Crippen molar-refractivity contribution in [1.82, 2.24) is 15.1 Å². The van der Waals surface area contributed by atoms with E-state index in [2.05, 4.69) is 10.6 Å². The van der Waals surface area contributed by atoms with Gasteiger partial charge < -0.3 is 39.5 Å². The van der Waals surface area contributed by atoms with E-state index in [1.807, 2.05) is 30.3 Å². The molecule has 1 heterocycles. The van der Waals surface area contributed by atoms with E-state index in [-0.39, 0.29) is 44.0 Å². The minimum atomic E-state index is -1.13. The molecule has 4 amide bonds. The van der Waals surface area contributed by atoms with Gasteiger partial charge in [0.1, 0.15) is 41.1 Å². The van der Waals surface area contributed by atoms with Crippen LogP contribution in [0.2, 0.25) is 0 Å². The third-order valence-corrected chi connectivity index (χ3v) is 7.86. The SMILES string of the molecule is CC(C)(C)OC(=O)Nc1cc(C[C@H](NC(=O)OC(C)(C)C)C(=O)N2CCN(C(=O)C(=O)/C=C(\O)c3cccc(OCc4ccccc4)c3)CC2)ccc1O. The van der Waals surface area contributed by atoms with Gasteiger partial charge in [0.2, 0.25) is 11.7 Å². The van der Waals surface area contributed by atoms with Gasteiger partial charge in [-0.1, -0.05) is 48.5 Å². The number of alkyl carbamates (subject to hydrolysis) is 1. The molecule has 1 fully saturated rings. The molecule has 1 saturated heterocycles. The molecule has 4 N–H and O–H groups in total. The molecule has 14 nitrogen and oxygen atoms in total. The van der Waals surface area contributed by atoms with Crippen molar-refractivity contribution in [3.8, 4) is 11.5 Å². The number of piperazine rings is 1. The Labute approximate surface area is 314 Å². The van der Waals surface area contributed by atoms with Gasteiger partial charge in [-0.15, -0.1) is 0 Å². The van der Waals surface area contributed by atoms with Gasteiger partial charge in [-0.2, -0.15) is 0 Å². The fourth-order valence-electron chi connectivity index (χ4n) is 5.37. The topological polar surface area (TPSA) is 184 Å². The van der Waals surface area contributed by atoms with E-state index in [1.54, 1.807) is 71.9 Å². The predicted octanol–water partition coefficient (Wildman–Crippen LogP) is 5.59. The fraction of sp³-hybridized carbons (Fsp3) is 0.375. The number of nitrogens with one attached hydrogen (secondary N) is 2. The van der Waals surface area contributed by atoms with Crippen molar-refractivity contribution in [2.75, 3.05) is 31.5 Å². The average molecular weight is 745 g/mol. The minimum Gasteiger partial charge on any atom is -0.507 e. The molecule has 288 valence electrons. The Morgan fingerprint density at radius 3 is 2.06 bits per heavy atom. The highest BCUT2D eigenvalue weighted by atomic mass is 16.6. The predicted molar refractivity (Wildman–Crippen MR) is 201 cm³/mol. The van der Waals surface area contributed by atoms with Gasteiger partial charge in [-0.25, -0.2) is 9.59 Å². The monoisotopic (exact) mass is 744 g/mol. The van der Waals surface area contributed by atoms with Gasteiger partial charge in [0, 0.05) is 44.2 Å². The second kappa shape index (κ2) is 17.6. The number of anilines is 1. The molecule has 0 aliphatic carbocycles. The maximum absolute atomic E-state index is 13.9. The lowest BCUT2D eigenvalue weighted by atomic mass is 10.0. The summed E-state index contributed by atoms with van der Waals surface area (Å²) in [6.07, 6.45) is -0.794. The van der Waals surface area contributed by atoms with Gasteiger partial charge in [-0.3, -0.25) is 19.7 Å². The summed E-state index contributed by atoms with van der Waals surface area (Å²) in [4.78, 5) is 67.8. The third kappa shape index (κ3) is 12.6.